The number of rotatable bonds is 1. The normalized spacial score (nSPS) is 18.7. The maximum absolute atomic E-state index is 13.9. The molecule has 1 aromatic rings. The topological polar surface area (TPSA) is 26.0 Å². The van der Waals surface area contributed by atoms with E-state index in [2.05, 4.69) is 15.9 Å². The summed E-state index contributed by atoms with van der Waals surface area (Å²) >= 11 is 8.38. The smallest absolute Gasteiger partial charge is 0.176 e. The summed E-state index contributed by atoms with van der Waals surface area (Å²) in [6.07, 6.45) is 2.55. The van der Waals surface area contributed by atoms with Gasteiger partial charge in [-0.05, 0) is 28.8 Å². The van der Waals surface area contributed by atoms with Crippen molar-refractivity contribution in [3.05, 3.63) is 32.5 Å². The molecule has 0 atom stereocenters. The first kappa shape index (κ1) is 13.2. The van der Waals surface area contributed by atoms with E-state index < -0.39 is 32.5 Å². The average molecular weight is 329 g/mol. The predicted molar refractivity (Wildman–Crippen MR) is 63.4 cm³/mol. The second-order valence-electron chi connectivity index (χ2n) is 4.31. The van der Waals surface area contributed by atoms with Crippen LogP contribution in [-0.4, -0.2) is 0 Å². The number of benzene rings is 1. The first-order chi connectivity index (χ1) is 7.88. The molecule has 0 spiro atoms. The molecule has 1 nitrogen and oxygen atoms in total. The lowest BCUT2D eigenvalue weighted by molar-refractivity contribution is 0.403. The molecule has 0 radical (unpaired) electrons. The van der Waals surface area contributed by atoms with Gasteiger partial charge in [-0.3, -0.25) is 0 Å². The fourth-order valence-corrected chi connectivity index (χ4v) is 3.15. The molecule has 1 aliphatic rings. The Bertz CT molecular complexity index is 443. The molecular weight excluding hydrogens is 318 g/mol. The van der Waals surface area contributed by atoms with Crippen molar-refractivity contribution in [3.63, 3.8) is 0 Å². The van der Waals surface area contributed by atoms with Crippen LogP contribution in [0.5, 0.6) is 0 Å². The zero-order valence-corrected chi connectivity index (χ0v) is 11.1. The summed E-state index contributed by atoms with van der Waals surface area (Å²) in [6, 6.07) is 0. The van der Waals surface area contributed by atoms with Gasteiger partial charge < -0.3 is 5.73 Å². The lowest BCUT2D eigenvalue weighted by Crippen LogP contribution is -2.35. The van der Waals surface area contributed by atoms with Crippen LogP contribution < -0.4 is 5.73 Å². The molecule has 0 saturated heterocycles. The molecule has 0 aliphatic heterocycles. The number of nitrogens with two attached hydrogens (primary N) is 1. The van der Waals surface area contributed by atoms with E-state index in [9.17, 15) is 13.2 Å². The summed E-state index contributed by atoms with van der Waals surface area (Å²) in [5.41, 5.74) is 4.69. The monoisotopic (exact) mass is 327 g/mol. The largest absolute Gasteiger partial charge is 0.321 e. The lowest BCUT2D eigenvalue weighted by Gasteiger charge is -2.26. The van der Waals surface area contributed by atoms with Crippen molar-refractivity contribution in [3.8, 4) is 0 Å². The molecule has 0 heterocycles. The molecule has 17 heavy (non-hydrogen) atoms. The third-order valence-electron chi connectivity index (χ3n) is 3.20. The van der Waals surface area contributed by atoms with E-state index in [0.717, 1.165) is 12.8 Å². The van der Waals surface area contributed by atoms with E-state index in [1.807, 2.05) is 0 Å². The highest BCUT2D eigenvalue weighted by Crippen LogP contribution is 2.44. The number of hydrogen-bond donors (Lipinski definition) is 1. The van der Waals surface area contributed by atoms with Crippen molar-refractivity contribution in [1.29, 1.82) is 0 Å². The van der Waals surface area contributed by atoms with Crippen LogP contribution in [0.15, 0.2) is 4.47 Å². The fourth-order valence-electron chi connectivity index (χ4n) is 2.30. The molecule has 1 fully saturated rings. The van der Waals surface area contributed by atoms with E-state index in [-0.39, 0.29) is 5.56 Å². The number of hydrogen-bond acceptors (Lipinski definition) is 1. The van der Waals surface area contributed by atoms with Gasteiger partial charge in [-0.2, -0.15) is 0 Å². The molecule has 0 aromatic heterocycles. The molecule has 0 bridgehead atoms. The van der Waals surface area contributed by atoms with E-state index in [1.54, 1.807) is 0 Å². The minimum atomic E-state index is -1.28. The fraction of sp³-hybridized carbons (Fsp3) is 0.455. The first-order valence-electron chi connectivity index (χ1n) is 5.19. The van der Waals surface area contributed by atoms with Crippen LogP contribution in [-0.2, 0) is 5.54 Å². The van der Waals surface area contributed by atoms with E-state index in [0.29, 0.717) is 12.8 Å². The van der Waals surface area contributed by atoms with Crippen LogP contribution in [0.4, 0.5) is 13.2 Å². The minimum absolute atomic E-state index is 0.241. The van der Waals surface area contributed by atoms with Crippen LogP contribution in [0.1, 0.15) is 31.2 Å². The maximum atomic E-state index is 13.9. The highest BCUT2D eigenvalue weighted by molar-refractivity contribution is 9.10. The summed E-state index contributed by atoms with van der Waals surface area (Å²) < 4.78 is 40.4. The molecular formula is C11H10BrClF3N. The minimum Gasteiger partial charge on any atom is -0.321 e. The van der Waals surface area contributed by atoms with Gasteiger partial charge >= 0.3 is 0 Å². The summed E-state index contributed by atoms with van der Waals surface area (Å²) in [5.74, 6) is -3.44. The van der Waals surface area contributed by atoms with Crippen LogP contribution in [0.3, 0.4) is 0 Å². The molecule has 2 rings (SSSR count). The standard InChI is InChI=1S/C11H10BrClF3N/c12-6-9(15)7(13)5(8(14)10(6)16)11(17)3-1-2-4-11/h1-4,17H2. The van der Waals surface area contributed by atoms with Gasteiger partial charge in [-0.25, -0.2) is 13.2 Å². The first-order valence-corrected chi connectivity index (χ1v) is 6.36. The molecule has 0 unspecified atom stereocenters. The van der Waals surface area contributed by atoms with Crippen molar-refractivity contribution in [2.24, 2.45) is 5.73 Å². The van der Waals surface area contributed by atoms with Gasteiger partial charge in [0.25, 0.3) is 0 Å². The third kappa shape index (κ3) is 1.98. The van der Waals surface area contributed by atoms with E-state index in [4.69, 9.17) is 17.3 Å². The zero-order valence-electron chi connectivity index (χ0n) is 8.80. The van der Waals surface area contributed by atoms with Crippen molar-refractivity contribution >= 4 is 27.5 Å². The van der Waals surface area contributed by atoms with Crippen LogP contribution in [0.2, 0.25) is 5.02 Å². The SMILES string of the molecule is NC1(c2c(F)c(F)c(Br)c(F)c2Cl)CCCC1. The molecule has 1 aromatic carbocycles. The van der Waals surface area contributed by atoms with Crippen molar-refractivity contribution in [1.82, 2.24) is 0 Å². The van der Waals surface area contributed by atoms with Crippen LogP contribution >= 0.6 is 27.5 Å². The Morgan fingerprint density at radius 1 is 1.06 bits per heavy atom. The van der Waals surface area contributed by atoms with Gasteiger partial charge in [-0.1, -0.05) is 24.4 Å². The van der Waals surface area contributed by atoms with Crippen LogP contribution in [0.25, 0.3) is 0 Å². The quantitative estimate of drug-likeness (QED) is 0.605. The van der Waals surface area contributed by atoms with Crippen molar-refractivity contribution in [2.75, 3.05) is 0 Å². The van der Waals surface area contributed by atoms with Gasteiger partial charge in [0, 0.05) is 11.1 Å². The van der Waals surface area contributed by atoms with Crippen molar-refractivity contribution < 1.29 is 13.2 Å². The highest BCUT2D eigenvalue weighted by Gasteiger charge is 2.38. The summed E-state index contributed by atoms with van der Waals surface area (Å²) in [4.78, 5) is 0. The molecule has 0 amide bonds. The Morgan fingerprint density at radius 2 is 1.59 bits per heavy atom. The molecule has 1 aliphatic carbocycles. The van der Waals surface area contributed by atoms with Gasteiger partial charge in [0.15, 0.2) is 17.5 Å². The summed E-state index contributed by atoms with van der Waals surface area (Å²) in [7, 11) is 0. The Labute approximate surface area is 110 Å². The van der Waals surface area contributed by atoms with Gasteiger partial charge in [0.05, 0.1) is 9.50 Å². The average Bonchev–Trinajstić information content (AvgIpc) is 2.71. The zero-order chi connectivity index (χ0) is 12.8. The third-order valence-corrected chi connectivity index (χ3v) is 4.25. The molecule has 1 saturated carbocycles. The Morgan fingerprint density at radius 3 is 2.12 bits per heavy atom. The van der Waals surface area contributed by atoms with Gasteiger partial charge in [0.1, 0.15) is 0 Å². The summed E-state index contributed by atoms with van der Waals surface area (Å²) in [6.45, 7) is 0. The molecule has 6 heteroatoms. The van der Waals surface area contributed by atoms with Crippen LogP contribution in [0, 0.1) is 17.5 Å². The Kier molecular flexibility index (Phi) is 3.45. The predicted octanol–water partition coefficient (Wildman–Crippen LogP) is 4.25. The number of halogens is 5. The molecule has 94 valence electrons. The van der Waals surface area contributed by atoms with E-state index in [1.165, 1.54) is 0 Å². The highest BCUT2D eigenvalue weighted by atomic mass is 79.9. The second-order valence-corrected chi connectivity index (χ2v) is 5.48. The van der Waals surface area contributed by atoms with Gasteiger partial charge in [-0.15, -0.1) is 0 Å². The maximum Gasteiger partial charge on any atom is 0.176 e. The van der Waals surface area contributed by atoms with Crippen molar-refractivity contribution in [2.45, 2.75) is 31.2 Å². The second kappa shape index (κ2) is 4.44. The Balaban J connectivity index is 2.69. The van der Waals surface area contributed by atoms with Gasteiger partial charge in [0.2, 0.25) is 0 Å². The lowest BCUT2D eigenvalue weighted by atomic mass is 9.88. The molecule has 2 N–H and O–H groups in total. The summed E-state index contributed by atoms with van der Waals surface area (Å²) in [5, 5.41) is -0.430. The Hall–Kier alpha value is -0.260. The van der Waals surface area contributed by atoms with E-state index >= 15 is 0 Å².